The topological polar surface area (TPSA) is 38.8 Å². The third-order valence-corrected chi connectivity index (χ3v) is 4.51. The predicted molar refractivity (Wildman–Crippen MR) is 100 cm³/mol. The summed E-state index contributed by atoms with van der Waals surface area (Å²) in [7, 11) is 1.45. The number of carbonyl (C=O) groups excluding carboxylic acids is 1. The number of esters is 1. The number of unbranched alkanes of at least 4 members (excludes halogenated alkanes) is 7. The van der Waals surface area contributed by atoms with Crippen LogP contribution in [0.3, 0.4) is 0 Å². The lowest BCUT2D eigenvalue weighted by Crippen LogP contribution is -1.98. The van der Waals surface area contributed by atoms with Crippen molar-refractivity contribution >= 4 is 5.97 Å². The molecular weight excluding hydrogens is 300 g/mol. The highest BCUT2D eigenvalue weighted by Crippen LogP contribution is 2.28. The zero-order chi connectivity index (χ0) is 17.5. The number of rotatable bonds is 15. The van der Waals surface area contributed by atoms with E-state index in [9.17, 15) is 4.79 Å². The van der Waals surface area contributed by atoms with Crippen LogP contribution in [0.1, 0.15) is 84.0 Å². The van der Waals surface area contributed by atoms with E-state index >= 15 is 0 Å². The second-order valence-corrected chi connectivity index (χ2v) is 6.61. The first-order chi connectivity index (χ1) is 11.8. The average molecular weight is 337 g/mol. The van der Waals surface area contributed by atoms with Gasteiger partial charge >= 0.3 is 5.97 Å². The SMILES string of the molecule is CCC1OC1C/C=C\CCCC/C=C\CCCCCCC(=O)OC. The molecule has 1 aliphatic rings. The van der Waals surface area contributed by atoms with E-state index in [0.717, 1.165) is 32.1 Å². The van der Waals surface area contributed by atoms with E-state index in [-0.39, 0.29) is 5.97 Å². The van der Waals surface area contributed by atoms with Crippen molar-refractivity contribution in [2.45, 2.75) is 96.2 Å². The van der Waals surface area contributed by atoms with Crippen LogP contribution in [0.15, 0.2) is 24.3 Å². The van der Waals surface area contributed by atoms with Crippen LogP contribution in [-0.4, -0.2) is 25.3 Å². The van der Waals surface area contributed by atoms with E-state index in [4.69, 9.17) is 4.74 Å². The second-order valence-electron chi connectivity index (χ2n) is 6.61. The molecule has 1 rings (SSSR count). The Labute approximate surface area is 148 Å². The molecular formula is C21H36O3. The Morgan fingerprint density at radius 2 is 1.46 bits per heavy atom. The zero-order valence-corrected chi connectivity index (χ0v) is 15.7. The molecule has 2 atom stereocenters. The molecule has 2 unspecified atom stereocenters. The van der Waals surface area contributed by atoms with Gasteiger partial charge in [-0.25, -0.2) is 0 Å². The highest BCUT2D eigenvalue weighted by molar-refractivity contribution is 5.68. The fraction of sp³-hybridized carbons (Fsp3) is 0.762. The minimum Gasteiger partial charge on any atom is -0.469 e. The van der Waals surface area contributed by atoms with Gasteiger partial charge in [0.2, 0.25) is 0 Å². The Kier molecular flexibility index (Phi) is 12.5. The number of carbonyl (C=O) groups is 1. The van der Waals surface area contributed by atoms with Crippen molar-refractivity contribution in [1.82, 2.24) is 0 Å². The van der Waals surface area contributed by atoms with Crippen LogP contribution in [0.2, 0.25) is 0 Å². The third kappa shape index (κ3) is 11.4. The molecule has 0 aromatic heterocycles. The number of hydrogen-bond acceptors (Lipinski definition) is 3. The fourth-order valence-electron chi connectivity index (χ4n) is 2.84. The lowest BCUT2D eigenvalue weighted by molar-refractivity contribution is -0.140. The van der Waals surface area contributed by atoms with E-state index in [1.165, 1.54) is 45.6 Å². The Hall–Kier alpha value is -1.09. The molecule has 3 heteroatoms. The number of hydrogen-bond donors (Lipinski definition) is 0. The highest BCUT2D eigenvalue weighted by Gasteiger charge is 2.35. The molecule has 0 N–H and O–H groups in total. The van der Waals surface area contributed by atoms with E-state index in [1.807, 2.05) is 0 Å². The van der Waals surface area contributed by atoms with Crippen LogP contribution in [0.25, 0.3) is 0 Å². The summed E-state index contributed by atoms with van der Waals surface area (Å²) >= 11 is 0. The van der Waals surface area contributed by atoms with Gasteiger partial charge in [-0.05, 0) is 57.8 Å². The van der Waals surface area contributed by atoms with Crippen LogP contribution in [0, 0.1) is 0 Å². The smallest absolute Gasteiger partial charge is 0.305 e. The van der Waals surface area contributed by atoms with E-state index < -0.39 is 0 Å². The molecule has 0 bridgehead atoms. The van der Waals surface area contributed by atoms with Crippen molar-refractivity contribution < 1.29 is 14.3 Å². The van der Waals surface area contributed by atoms with E-state index in [0.29, 0.717) is 18.6 Å². The molecule has 0 aromatic rings. The summed E-state index contributed by atoms with van der Waals surface area (Å²) in [6, 6.07) is 0. The first-order valence-electron chi connectivity index (χ1n) is 9.80. The van der Waals surface area contributed by atoms with Gasteiger partial charge in [0.1, 0.15) is 0 Å². The second kappa shape index (κ2) is 14.3. The fourth-order valence-corrected chi connectivity index (χ4v) is 2.84. The van der Waals surface area contributed by atoms with Gasteiger partial charge in [0, 0.05) is 6.42 Å². The van der Waals surface area contributed by atoms with Gasteiger partial charge in [0.25, 0.3) is 0 Å². The van der Waals surface area contributed by atoms with E-state index in [2.05, 4.69) is 36.0 Å². The quantitative estimate of drug-likeness (QED) is 0.166. The average Bonchev–Trinajstić information content (AvgIpc) is 3.36. The van der Waals surface area contributed by atoms with Crippen LogP contribution in [-0.2, 0) is 14.3 Å². The minimum absolute atomic E-state index is 0.0873. The maximum absolute atomic E-state index is 10.9. The minimum atomic E-state index is -0.0873. The van der Waals surface area contributed by atoms with Gasteiger partial charge in [0.05, 0.1) is 19.3 Å². The van der Waals surface area contributed by atoms with Crippen LogP contribution in [0.4, 0.5) is 0 Å². The predicted octanol–water partition coefficient (Wildman–Crippen LogP) is 5.74. The van der Waals surface area contributed by atoms with Crippen molar-refractivity contribution in [1.29, 1.82) is 0 Å². The van der Waals surface area contributed by atoms with Gasteiger partial charge in [0.15, 0.2) is 0 Å². The third-order valence-electron chi connectivity index (χ3n) is 4.51. The largest absolute Gasteiger partial charge is 0.469 e. The Bertz CT molecular complexity index is 373. The molecule has 1 heterocycles. The molecule has 1 aliphatic heterocycles. The lowest BCUT2D eigenvalue weighted by Gasteiger charge is -1.99. The Morgan fingerprint density at radius 1 is 0.875 bits per heavy atom. The van der Waals surface area contributed by atoms with Crippen LogP contribution < -0.4 is 0 Å². The normalized spacial score (nSPS) is 20.1. The van der Waals surface area contributed by atoms with Gasteiger partial charge in [-0.1, -0.05) is 44.1 Å². The summed E-state index contributed by atoms with van der Waals surface area (Å²) < 4.78 is 10.1. The van der Waals surface area contributed by atoms with Crippen molar-refractivity contribution in [3.63, 3.8) is 0 Å². The molecule has 0 amide bonds. The molecule has 3 nitrogen and oxygen atoms in total. The first-order valence-corrected chi connectivity index (χ1v) is 9.80. The van der Waals surface area contributed by atoms with Gasteiger partial charge < -0.3 is 9.47 Å². The maximum Gasteiger partial charge on any atom is 0.305 e. The summed E-state index contributed by atoms with van der Waals surface area (Å²) in [5, 5.41) is 0. The molecule has 0 radical (unpaired) electrons. The Balaban J connectivity index is 1.77. The number of epoxide rings is 1. The summed E-state index contributed by atoms with van der Waals surface area (Å²) in [6.07, 6.45) is 23.7. The molecule has 1 fully saturated rings. The lowest BCUT2D eigenvalue weighted by atomic mass is 10.1. The monoisotopic (exact) mass is 336 g/mol. The standard InChI is InChI=1S/C21H36O3/c1-3-19-20(24-19)17-15-13-11-9-7-5-4-6-8-10-12-14-16-18-21(22)23-2/h4,6,13,15,19-20H,3,5,7-12,14,16-18H2,1-2H3/b6-4-,15-13-. The van der Waals surface area contributed by atoms with Gasteiger partial charge in [-0.3, -0.25) is 4.79 Å². The molecule has 0 saturated carbocycles. The van der Waals surface area contributed by atoms with Crippen molar-refractivity contribution in [3.8, 4) is 0 Å². The van der Waals surface area contributed by atoms with Crippen molar-refractivity contribution in [2.75, 3.05) is 7.11 Å². The van der Waals surface area contributed by atoms with E-state index in [1.54, 1.807) is 0 Å². The molecule has 24 heavy (non-hydrogen) atoms. The first kappa shape index (κ1) is 21.0. The van der Waals surface area contributed by atoms with Crippen molar-refractivity contribution in [3.05, 3.63) is 24.3 Å². The number of methoxy groups -OCH3 is 1. The summed E-state index contributed by atoms with van der Waals surface area (Å²) in [5.41, 5.74) is 0. The highest BCUT2D eigenvalue weighted by atomic mass is 16.6. The number of ether oxygens (including phenoxy) is 2. The molecule has 0 aromatic carbocycles. The molecule has 138 valence electrons. The summed E-state index contributed by atoms with van der Waals surface area (Å²) in [6.45, 7) is 2.19. The van der Waals surface area contributed by atoms with Crippen LogP contribution in [0.5, 0.6) is 0 Å². The summed E-state index contributed by atoms with van der Waals surface area (Å²) in [5.74, 6) is -0.0873. The van der Waals surface area contributed by atoms with Gasteiger partial charge in [-0.2, -0.15) is 0 Å². The van der Waals surface area contributed by atoms with Gasteiger partial charge in [-0.15, -0.1) is 0 Å². The number of allylic oxidation sites excluding steroid dienone is 3. The molecule has 1 saturated heterocycles. The zero-order valence-electron chi connectivity index (χ0n) is 15.7. The molecule has 0 aliphatic carbocycles. The maximum atomic E-state index is 10.9. The summed E-state index contributed by atoms with van der Waals surface area (Å²) in [4.78, 5) is 10.9. The van der Waals surface area contributed by atoms with Crippen LogP contribution >= 0.6 is 0 Å². The Morgan fingerprint density at radius 3 is 2.04 bits per heavy atom. The van der Waals surface area contributed by atoms with Crippen molar-refractivity contribution in [2.24, 2.45) is 0 Å². The molecule has 0 spiro atoms.